The zero-order chi connectivity index (χ0) is 13.8. The van der Waals surface area contributed by atoms with Gasteiger partial charge in [-0.25, -0.2) is 4.79 Å². The van der Waals surface area contributed by atoms with Crippen molar-refractivity contribution in [2.75, 3.05) is 11.5 Å². The normalized spacial score (nSPS) is 25.1. The molecule has 1 saturated heterocycles. The van der Waals surface area contributed by atoms with Gasteiger partial charge >= 0.3 is 5.97 Å². The molecule has 0 aromatic carbocycles. The molecule has 1 heterocycles. The number of amides is 1. The van der Waals surface area contributed by atoms with Crippen LogP contribution in [0.3, 0.4) is 0 Å². The molecule has 0 saturated carbocycles. The second-order valence-electron chi connectivity index (χ2n) is 5.68. The van der Waals surface area contributed by atoms with Crippen molar-refractivity contribution in [2.45, 2.75) is 45.6 Å². The van der Waals surface area contributed by atoms with Crippen molar-refractivity contribution in [2.24, 2.45) is 11.8 Å². The highest BCUT2D eigenvalue weighted by Gasteiger charge is 2.43. The van der Waals surface area contributed by atoms with Crippen molar-refractivity contribution in [3.05, 3.63) is 0 Å². The van der Waals surface area contributed by atoms with Crippen molar-refractivity contribution in [1.29, 1.82) is 0 Å². The molecule has 0 spiro atoms. The summed E-state index contributed by atoms with van der Waals surface area (Å²) in [6.07, 6.45) is 1.93. The van der Waals surface area contributed by atoms with Gasteiger partial charge in [-0.1, -0.05) is 20.8 Å². The molecule has 2 unspecified atom stereocenters. The maximum atomic E-state index is 11.9. The van der Waals surface area contributed by atoms with E-state index in [1.54, 1.807) is 11.8 Å². The summed E-state index contributed by atoms with van der Waals surface area (Å²) in [5.74, 6) is 1.10. The first-order valence-corrected chi connectivity index (χ1v) is 7.63. The molecule has 0 aromatic heterocycles. The fourth-order valence-corrected chi connectivity index (χ4v) is 3.73. The van der Waals surface area contributed by atoms with Crippen LogP contribution in [-0.2, 0) is 9.59 Å². The summed E-state index contributed by atoms with van der Waals surface area (Å²) < 4.78 is 0. The van der Waals surface area contributed by atoms with E-state index in [0.29, 0.717) is 30.4 Å². The summed E-state index contributed by atoms with van der Waals surface area (Å²) in [7, 11) is 0. The SMILES string of the molecule is CC(C)CC(C)CC(=O)NC1(C(=O)O)CCSC1. The fraction of sp³-hybridized carbons (Fsp3) is 0.846. The fourth-order valence-electron chi connectivity index (χ4n) is 2.41. The summed E-state index contributed by atoms with van der Waals surface area (Å²) in [5, 5.41) is 12.0. The van der Waals surface area contributed by atoms with E-state index in [9.17, 15) is 14.7 Å². The molecule has 1 rings (SSSR count). The Hall–Kier alpha value is -0.710. The van der Waals surface area contributed by atoms with Crippen molar-refractivity contribution < 1.29 is 14.7 Å². The Morgan fingerprint density at radius 1 is 1.39 bits per heavy atom. The van der Waals surface area contributed by atoms with Gasteiger partial charge < -0.3 is 10.4 Å². The Morgan fingerprint density at radius 3 is 2.50 bits per heavy atom. The number of carbonyl (C=O) groups excluding carboxylic acids is 1. The van der Waals surface area contributed by atoms with Crippen molar-refractivity contribution in [1.82, 2.24) is 5.32 Å². The van der Waals surface area contributed by atoms with Gasteiger partial charge in [0.25, 0.3) is 0 Å². The Kier molecular flexibility index (Phi) is 5.50. The van der Waals surface area contributed by atoms with E-state index in [1.807, 2.05) is 6.92 Å². The number of hydrogen-bond acceptors (Lipinski definition) is 3. The lowest BCUT2D eigenvalue weighted by molar-refractivity contribution is -0.146. The average Bonchev–Trinajstić information content (AvgIpc) is 2.65. The summed E-state index contributed by atoms with van der Waals surface area (Å²) >= 11 is 1.59. The second kappa shape index (κ2) is 6.45. The minimum atomic E-state index is -1.03. The van der Waals surface area contributed by atoms with Gasteiger partial charge in [-0.2, -0.15) is 11.8 Å². The molecule has 2 N–H and O–H groups in total. The molecule has 5 heteroatoms. The molecule has 1 fully saturated rings. The maximum absolute atomic E-state index is 11.9. The molecule has 104 valence electrons. The lowest BCUT2D eigenvalue weighted by Crippen LogP contribution is -2.55. The highest BCUT2D eigenvalue weighted by atomic mass is 32.2. The summed E-state index contributed by atoms with van der Waals surface area (Å²) in [4.78, 5) is 23.2. The lowest BCUT2D eigenvalue weighted by Gasteiger charge is -2.25. The molecule has 0 radical (unpaired) electrons. The summed E-state index contributed by atoms with van der Waals surface area (Å²) in [6, 6.07) is 0. The average molecular weight is 273 g/mol. The van der Waals surface area contributed by atoms with Gasteiger partial charge in [0.15, 0.2) is 0 Å². The van der Waals surface area contributed by atoms with Crippen LogP contribution in [0.1, 0.15) is 40.0 Å². The molecular formula is C13H23NO3S. The molecule has 0 aromatic rings. The largest absolute Gasteiger partial charge is 0.479 e. The summed E-state index contributed by atoms with van der Waals surface area (Å²) in [5.41, 5.74) is -1.03. The zero-order valence-electron chi connectivity index (χ0n) is 11.4. The van der Waals surface area contributed by atoms with E-state index in [2.05, 4.69) is 19.2 Å². The first kappa shape index (κ1) is 15.3. The quantitative estimate of drug-likeness (QED) is 0.778. The van der Waals surface area contributed by atoms with Gasteiger partial charge in [0.1, 0.15) is 5.54 Å². The smallest absolute Gasteiger partial charge is 0.330 e. The van der Waals surface area contributed by atoms with Crippen LogP contribution in [0.5, 0.6) is 0 Å². The topological polar surface area (TPSA) is 66.4 Å². The van der Waals surface area contributed by atoms with Gasteiger partial charge in [-0.15, -0.1) is 0 Å². The van der Waals surface area contributed by atoms with Crippen molar-refractivity contribution in [3.63, 3.8) is 0 Å². The highest BCUT2D eigenvalue weighted by molar-refractivity contribution is 7.99. The van der Waals surface area contributed by atoms with E-state index in [4.69, 9.17) is 0 Å². The number of carbonyl (C=O) groups is 2. The predicted octanol–water partition coefficient (Wildman–Crippen LogP) is 2.14. The summed E-state index contributed by atoms with van der Waals surface area (Å²) in [6.45, 7) is 6.29. The number of thioether (sulfide) groups is 1. The first-order valence-electron chi connectivity index (χ1n) is 6.48. The van der Waals surface area contributed by atoms with Gasteiger partial charge in [0, 0.05) is 12.2 Å². The molecule has 1 amide bonds. The number of hydrogen-bond donors (Lipinski definition) is 2. The molecular weight excluding hydrogens is 250 g/mol. The van der Waals surface area contributed by atoms with Gasteiger partial charge in [0.2, 0.25) is 5.91 Å². The Morgan fingerprint density at radius 2 is 2.06 bits per heavy atom. The standard InChI is InChI=1S/C13H23NO3S/c1-9(2)6-10(3)7-11(15)14-13(12(16)17)4-5-18-8-13/h9-10H,4-8H2,1-3H3,(H,14,15)(H,16,17). The zero-order valence-corrected chi connectivity index (χ0v) is 12.2. The molecule has 18 heavy (non-hydrogen) atoms. The Balaban J connectivity index is 2.50. The number of nitrogens with one attached hydrogen (secondary N) is 1. The van der Waals surface area contributed by atoms with Crippen LogP contribution in [0.4, 0.5) is 0 Å². The molecule has 0 bridgehead atoms. The van der Waals surface area contributed by atoms with Crippen LogP contribution in [0.2, 0.25) is 0 Å². The number of rotatable bonds is 6. The third kappa shape index (κ3) is 4.19. The van der Waals surface area contributed by atoms with Crippen LogP contribution >= 0.6 is 11.8 Å². The van der Waals surface area contributed by atoms with Crippen molar-refractivity contribution >= 4 is 23.6 Å². The minimum absolute atomic E-state index is 0.131. The molecule has 0 aliphatic carbocycles. The van der Waals surface area contributed by atoms with Crippen LogP contribution in [0.15, 0.2) is 0 Å². The molecule has 1 aliphatic rings. The van der Waals surface area contributed by atoms with Crippen LogP contribution in [-0.4, -0.2) is 34.0 Å². The monoisotopic (exact) mass is 273 g/mol. The maximum Gasteiger partial charge on any atom is 0.330 e. The van der Waals surface area contributed by atoms with E-state index >= 15 is 0 Å². The van der Waals surface area contributed by atoms with Crippen LogP contribution in [0.25, 0.3) is 0 Å². The number of carboxylic acid groups (broad SMARTS) is 1. The van der Waals surface area contributed by atoms with Gasteiger partial charge in [-0.05, 0) is 30.4 Å². The molecule has 1 aliphatic heterocycles. The van der Waals surface area contributed by atoms with E-state index in [0.717, 1.165) is 12.2 Å². The number of carboxylic acids is 1. The molecule has 2 atom stereocenters. The van der Waals surface area contributed by atoms with E-state index < -0.39 is 11.5 Å². The third-order valence-corrected chi connectivity index (χ3v) is 4.41. The number of aliphatic carboxylic acids is 1. The van der Waals surface area contributed by atoms with Crippen molar-refractivity contribution in [3.8, 4) is 0 Å². The lowest BCUT2D eigenvalue weighted by atomic mass is 9.94. The van der Waals surface area contributed by atoms with Gasteiger partial charge in [-0.3, -0.25) is 4.79 Å². The first-order chi connectivity index (χ1) is 8.35. The Bertz CT molecular complexity index is 311. The van der Waals surface area contributed by atoms with Crippen LogP contribution < -0.4 is 5.32 Å². The van der Waals surface area contributed by atoms with E-state index in [-0.39, 0.29) is 5.91 Å². The van der Waals surface area contributed by atoms with Gasteiger partial charge in [0.05, 0.1) is 0 Å². The van der Waals surface area contributed by atoms with Crippen LogP contribution in [0, 0.1) is 11.8 Å². The molecule has 4 nitrogen and oxygen atoms in total. The third-order valence-electron chi connectivity index (χ3n) is 3.22. The highest BCUT2D eigenvalue weighted by Crippen LogP contribution is 2.28. The van der Waals surface area contributed by atoms with E-state index in [1.165, 1.54) is 0 Å². The Labute approximate surface area is 113 Å². The predicted molar refractivity (Wildman–Crippen MR) is 73.7 cm³/mol. The second-order valence-corrected chi connectivity index (χ2v) is 6.78. The minimum Gasteiger partial charge on any atom is -0.479 e.